The molecule has 1 aliphatic rings. The van der Waals surface area contributed by atoms with Crippen molar-refractivity contribution in [2.45, 2.75) is 25.3 Å². The molecule has 0 aliphatic carbocycles. The number of fused-ring (bicyclic) bond motifs is 1. The molecule has 0 spiro atoms. The number of H-pyrrole nitrogens is 1. The Morgan fingerprint density at radius 2 is 2.00 bits per heavy atom. The molecule has 3 aromatic rings. The van der Waals surface area contributed by atoms with Gasteiger partial charge < -0.3 is 19.5 Å². The number of ether oxygens (including phenoxy) is 1. The summed E-state index contributed by atoms with van der Waals surface area (Å²) in [6.07, 6.45) is 5.12. The number of nitrogens with zero attached hydrogens (tertiary/aromatic N) is 3. The van der Waals surface area contributed by atoms with Crippen molar-refractivity contribution < 1.29 is 14.3 Å². The molecular formula is C24H28N4O3. The molecule has 2 amide bonds. The second-order valence-electron chi connectivity index (χ2n) is 7.88. The minimum absolute atomic E-state index is 0.0174. The Bertz CT molecular complexity index is 1030. The molecule has 7 heteroatoms. The van der Waals surface area contributed by atoms with E-state index in [-0.39, 0.29) is 17.9 Å². The molecule has 4 rings (SSSR count). The van der Waals surface area contributed by atoms with Crippen LogP contribution in [0.4, 0.5) is 0 Å². The third kappa shape index (κ3) is 4.77. The number of carbonyl (C=O) groups is 2. The maximum Gasteiger partial charge on any atom is 0.254 e. The fraction of sp³-hybridized carbons (Fsp3) is 0.375. The Balaban J connectivity index is 1.47. The van der Waals surface area contributed by atoms with Gasteiger partial charge in [-0.25, -0.2) is 4.98 Å². The van der Waals surface area contributed by atoms with Gasteiger partial charge in [0.1, 0.15) is 0 Å². The molecule has 1 aliphatic heterocycles. The largest absolute Gasteiger partial charge is 0.385 e. The van der Waals surface area contributed by atoms with Crippen molar-refractivity contribution in [3.8, 4) is 0 Å². The van der Waals surface area contributed by atoms with E-state index in [0.29, 0.717) is 51.1 Å². The summed E-state index contributed by atoms with van der Waals surface area (Å²) < 4.78 is 5.27. The van der Waals surface area contributed by atoms with Gasteiger partial charge in [-0.3, -0.25) is 9.59 Å². The first-order valence-corrected chi connectivity index (χ1v) is 10.7. The summed E-state index contributed by atoms with van der Waals surface area (Å²) in [5.74, 6) is 0.122. The third-order valence-corrected chi connectivity index (χ3v) is 5.93. The van der Waals surface area contributed by atoms with Crippen LogP contribution in [0.25, 0.3) is 10.8 Å². The zero-order valence-electron chi connectivity index (χ0n) is 17.8. The quantitative estimate of drug-likeness (QED) is 0.638. The maximum atomic E-state index is 13.4. The van der Waals surface area contributed by atoms with Crippen LogP contribution in [0.3, 0.4) is 0 Å². The molecule has 1 fully saturated rings. The van der Waals surface area contributed by atoms with Crippen LogP contribution in [0.5, 0.6) is 0 Å². The van der Waals surface area contributed by atoms with E-state index in [0.717, 1.165) is 16.5 Å². The van der Waals surface area contributed by atoms with Crippen molar-refractivity contribution >= 4 is 22.6 Å². The van der Waals surface area contributed by atoms with Crippen LogP contribution in [-0.4, -0.2) is 71.0 Å². The lowest BCUT2D eigenvalue weighted by Gasteiger charge is -2.41. The maximum absolute atomic E-state index is 13.4. The molecule has 162 valence electrons. The first kappa shape index (κ1) is 21.1. The summed E-state index contributed by atoms with van der Waals surface area (Å²) in [6, 6.07) is 13.7. The molecule has 0 unspecified atom stereocenters. The number of rotatable bonds is 7. The highest BCUT2D eigenvalue weighted by Gasteiger charge is 2.32. The number of carbonyl (C=O) groups excluding carboxylic acids is 2. The molecule has 1 N–H and O–H groups in total. The number of hydrogen-bond acceptors (Lipinski definition) is 4. The molecule has 1 aromatic heterocycles. The van der Waals surface area contributed by atoms with Crippen LogP contribution in [-0.2, 0) is 16.0 Å². The molecule has 1 saturated heterocycles. The van der Waals surface area contributed by atoms with Crippen molar-refractivity contribution in [1.29, 1.82) is 0 Å². The normalized spacial score (nSPS) is 16.6. The minimum Gasteiger partial charge on any atom is -0.385 e. The molecule has 7 nitrogen and oxygen atoms in total. The molecule has 2 aromatic carbocycles. The number of benzene rings is 2. The summed E-state index contributed by atoms with van der Waals surface area (Å²) >= 11 is 0. The minimum atomic E-state index is -0.0538. The second-order valence-corrected chi connectivity index (χ2v) is 7.88. The Morgan fingerprint density at radius 3 is 2.81 bits per heavy atom. The number of nitrogens with one attached hydrogen (secondary N) is 1. The van der Waals surface area contributed by atoms with Crippen molar-refractivity contribution in [2.24, 2.45) is 0 Å². The van der Waals surface area contributed by atoms with Crippen LogP contribution in [0, 0.1) is 0 Å². The number of methoxy groups -OCH3 is 1. The molecule has 0 bridgehead atoms. The fourth-order valence-electron chi connectivity index (χ4n) is 4.26. The Hall–Kier alpha value is -3.19. The highest BCUT2D eigenvalue weighted by molar-refractivity contribution is 6.07. The predicted molar refractivity (Wildman–Crippen MR) is 119 cm³/mol. The van der Waals surface area contributed by atoms with E-state index >= 15 is 0 Å². The summed E-state index contributed by atoms with van der Waals surface area (Å²) in [6.45, 7) is 2.13. The average molecular weight is 421 g/mol. The van der Waals surface area contributed by atoms with E-state index in [1.54, 1.807) is 19.6 Å². The molecule has 31 heavy (non-hydrogen) atoms. The van der Waals surface area contributed by atoms with Gasteiger partial charge >= 0.3 is 0 Å². The monoisotopic (exact) mass is 420 g/mol. The SMILES string of the molecule is COCC[C@H]1CN(C(=O)c2cccc3ccccc23)CCN1C(=O)CCc1cnc[nH]1. The first-order chi connectivity index (χ1) is 15.2. The van der Waals surface area contributed by atoms with Crippen molar-refractivity contribution in [3.05, 3.63) is 66.2 Å². The van der Waals surface area contributed by atoms with E-state index in [2.05, 4.69) is 9.97 Å². The third-order valence-electron chi connectivity index (χ3n) is 5.93. The highest BCUT2D eigenvalue weighted by Crippen LogP contribution is 2.23. The molecular weight excluding hydrogens is 392 g/mol. The summed E-state index contributed by atoms with van der Waals surface area (Å²) in [5.41, 5.74) is 1.66. The summed E-state index contributed by atoms with van der Waals surface area (Å²) in [5, 5.41) is 2.01. The van der Waals surface area contributed by atoms with Gasteiger partial charge in [0.2, 0.25) is 5.91 Å². The average Bonchev–Trinajstić information content (AvgIpc) is 3.34. The zero-order valence-corrected chi connectivity index (χ0v) is 17.8. The van der Waals surface area contributed by atoms with Crippen LogP contribution in [0.1, 0.15) is 28.9 Å². The van der Waals surface area contributed by atoms with E-state index in [1.165, 1.54) is 0 Å². The summed E-state index contributed by atoms with van der Waals surface area (Å²) in [4.78, 5) is 37.1. The van der Waals surface area contributed by atoms with Gasteiger partial charge in [-0.15, -0.1) is 0 Å². The number of imidazole rings is 1. The predicted octanol–water partition coefficient (Wildman–Crippen LogP) is 2.89. The second kappa shape index (κ2) is 9.75. The number of aromatic amines is 1. The van der Waals surface area contributed by atoms with Crippen LogP contribution in [0.2, 0.25) is 0 Å². The standard InChI is InChI=1S/C24H28N4O3/c1-31-14-11-20-16-27(12-13-28(20)23(29)10-9-19-15-25-17-26-19)24(30)22-8-4-6-18-5-2-3-7-21(18)22/h2-8,15,17,20H,9-14,16H2,1H3,(H,25,26)/t20-/m0/s1. The number of aryl methyl sites for hydroxylation is 1. The lowest BCUT2D eigenvalue weighted by atomic mass is 10.0. The topological polar surface area (TPSA) is 78.5 Å². The molecule has 2 heterocycles. The van der Waals surface area contributed by atoms with Gasteiger partial charge in [0.05, 0.1) is 12.4 Å². The summed E-state index contributed by atoms with van der Waals surface area (Å²) in [7, 11) is 1.66. The van der Waals surface area contributed by atoms with Gasteiger partial charge in [-0.05, 0) is 29.7 Å². The van der Waals surface area contributed by atoms with Gasteiger partial charge in [0.25, 0.3) is 5.91 Å². The number of hydrogen-bond donors (Lipinski definition) is 1. The van der Waals surface area contributed by atoms with Crippen molar-refractivity contribution in [1.82, 2.24) is 19.8 Å². The van der Waals surface area contributed by atoms with Gasteiger partial charge in [0, 0.05) is 57.2 Å². The zero-order chi connectivity index (χ0) is 21.6. The van der Waals surface area contributed by atoms with E-state index in [4.69, 9.17) is 4.74 Å². The Morgan fingerprint density at radius 1 is 1.16 bits per heavy atom. The number of aromatic nitrogens is 2. The van der Waals surface area contributed by atoms with Gasteiger partial charge in [-0.1, -0.05) is 36.4 Å². The lowest BCUT2D eigenvalue weighted by molar-refractivity contribution is -0.136. The van der Waals surface area contributed by atoms with E-state index < -0.39 is 0 Å². The van der Waals surface area contributed by atoms with Crippen molar-refractivity contribution in [3.63, 3.8) is 0 Å². The van der Waals surface area contributed by atoms with Crippen LogP contribution < -0.4 is 0 Å². The Kier molecular flexibility index (Phi) is 6.62. The highest BCUT2D eigenvalue weighted by atomic mass is 16.5. The number of piperazine rings is 1. The van der Waals surface area contributed by atoms with Gasteiger partial charge in [0.15, 0.2) is 0 Å². The molecule has 0 radical (unpaired) electrons. The van der Waals surface area contributed by atoms with Gasteiger partial charge in [-0.2, -0.15) is 0 Å². The van der Waals surface area contributed by atoms with Crippen LogP contribution >= 0.6 is 0 Å². The fourth-order valence-corrected chi connectivity index (χ4v) is 4.26. The number of amides is 2. The lowest BCUT2D eigenvalue weighted by Crippen LogP contribution is -2.56. The van der Waals surface area contributed by atoms with Crippen LogP contribution in [0.15, 0.2) is 55.0 Å². The molecule has 1 atom stereocenters. The molecule has 0 saturated carbocycles. The first-order valence-electron chi connectivity index (χ1n) is 10.7. The smallest absolute Gasteiger partial charge is 0.254 e. The van der Waals surface area contributed by atoms with E-state index in [9.17, 15) is 9.59 Å². The van der Waals surface area contributed by atoms with E-state index in [1.807, 2.05) is 52.3 Å². The Labute approximate surface area is 182 Å². The van der Waals surface area contributed by atoms with Crippen molar-refractivity contribution in [2.75, 3.05) is 33.4 Å².